The Kier molecular flexibility index (Phi) is 5.72. The third kappa shape index (κ3) is 4.49. The highest BCUT2D eigenvalue weighted by atomic mass is 35.5. The van der Waals surface area contributed by atoms with Crippen LogP contribution < -0.4 is 4.72 Å². The van der Waals surface area contributed by atoms with Crippen LogP contribution in [-0.4, -0.2) is 23.6 Å². The number of halogens is 1. The minimum Gasteiger partial charge on any atom is -0.299 e. The van der Waals surface area contributed by atoms with Gasteiger partial charge in [0.2, 0.25) is 5.13 Å². The number of carbonyl (C=O) groups excluding carboxylic acids is 1. The molecule has 0 aliphatic rings. The van der Waals surface area contributed by atoms with Gasteiger partial charge >= 0.3 is 0 Å². The number of carbonyl (C=O) groups is 1. The van der Waals surface area contributed by atoms with Crippen molar-refractivity contribution >= 4 is 44.1 Å². The molecule has 1 aromatic heterocycles. The zero-order valence-electron chi connectivity index (χ0n) is 12.7. The summed E-state index contributed by atoms with van der Waals surface area (Å²) in [5.41, 5.74) is 0.463. The summed E-state index contributed by atoms with van der Waals surface area (Å²) in [5, 5.41) is 0.500. The van der Waals surface area contributed by atoms with Crippen LogP contribution in [0.1, 0.15) is 31.2 Å². The van der Waals surface area contributed by atoms with Gasteiger partial charge < -0.3 is 0 Å². The molecule has 0 radical (unpaired) electrons. The third-order valence-corrected chi connectivity index (χ3v) is 5.77. The SMILES string of the molecule is CCCC(=O)Cc1nsc(NS(=O)(=O)c2cccc(Cl)c2C)n1. The summed E-state index contributed by atoms with van der Waals surface area (Å²) in [6, 6.07) is 4.66. The van der Waals surface area contributed by atoms with Crippen molar-refractivity contribution in [3.8, 4) is 0 Å². The van der Waals surface area contributed by atoms with Gasteiger partial charge in [-0.25, -0.2) is 13.4 Å². The van der Waals surface area contributed by atoms with E-state index in [1.54, 1.807) is 19.1 Å². The van der Waals surface area contributed by atoms with Crippen LogP contribution in [0.15, 0.2) is 23.1 Å². The Bertz CT molecular complexity index is 818. The number of hydrogen-bond acceptors (Lipinski definition) is 6. The van der Waals surface area contributed by atoms with Gasteiger partial charge in [-0.1, -0.05) is 24.6 Å². The predicted molar refractivity (Wildman–Crippen MR) is 90.5 cm³/mol. The van der Waals surface area contributed by atoms with Crippen molar-refractivity contribution in [2.75, 3.05) is 4.72 Å². The highest BCUT2D eigenvalue weighted by Gasteiger charge is 2.20. The average Bonchev–Trinajstić information content (AvgIpc) is 2.88. The lowest BCUT2D eigenvalue weighted by Crippen LogP contribution is -2.14. The van der Waals surface area contributed by atoms with Gasteiger partial charge in [0.05, 0.1) is 11.3 Å². The Morgan fingerprint density at radius 3 is 2.83 bits per heavy atom. The zero-order chi connectivity index (χ0) is 17.0. The van der Waals surface area contributed by atoms with Crippen LogP contribution in [0.5, 0.6) is 0 Å². The van der Waals surface area contributed by atoms with Gasteiger partial charge in [-0.05, 0) is 31.0 Å². The van der Waals surface area contributed by atoms with Crippen LogP contribution in [0.2, 0.25) is 5.02 Å². The summed E-state index contributed by atoms with van der Waals surface area (Å²) in [6.45, 7) is 3.55. The lowest BCUT2D eigenvalue weighted by molar-refractivity contribution is -0.118. The maximum Gasteiger partial charge on any atom is 0.264 e. The molecule has 0 atom stereocenters. The van der Waals surface area contributed by atoms with Crippen molar-refractivity contribution < 1.29 is 13.2 Å². The Labute approximate surface area is 144 Å². The van der Waals surface area contributed by atoms with Gasteiger partial charge in [-0.3, -0.25) is 9.52 Å². The molecule has 2 aromatic rings. The second-order valence-electron chi connectivity index (χ2n) is 4.95. The lowest BCUT2D eigenvalue weighted by atomic mass is 10.2. The number of nitrogens with one attached hydrogen (secondary N) is 1. The summed E-state index contributed by atoms with van der Waals surface area (Å²) >= 11 is 6.86. The van der Waals surface area contributed by atoms with Crippen LogP contribution in [-0.2, 0) is 21.2 Å². The average molecular weight is 374 g/mol. The fraction of sp³-hybridized carbons (Fsp3) is 0.357. The minimum absolute atomic E-state index is 0.0328. The van der Waals surface area contributed by atoms with E-state index in [1.165, 1.54) is 6.07 Å². The molecular weight excluding hydrogens is 358 g/mol. The number of benzene rings is 1. The number of sulfonamides is 1. The molecule has 6 nitrogen and oxygen atoms in total. The number of ketones is 1. The van der Waals surface area contributed by atoms with E-state index in [0.717, 1.165) is 18.0 Å². The van der Waals surface area contributed by atoms with Gasteiger partial charge in [0.15, 0.2) is 5.82 Å². The van der Waals surface area contributed by atoms with E-state index in [9.17, 15) is 13.2 Å². The fourth-order valence-corrected chi connectivity index (χ4v) is 4.27. The lowest BCUT2D eigenvalue weighted by Gasteiger charge is -2.08. The number of Topliss-reactive ketones (excluding diaryl/α,β-unsaturated/α-hetero) is 1. The molecule has 1 heterocycles. The van der Waals surface area contributed by atoms with Gasteiger partial charge in [0.25, 0.3) is 10.0 Å². The molecule has 1 aromatic carbocycles. The Morgan fingerprint density at radius 2 is 2.13 bits per heavy atom. The summed E-state index contributed by atoms with van der Waals surface area (Å²) in [7, 11) is -3.80. The molecule has 9 heteroatoms. The van der Waals surface area contributed by atoms with Gasteiger partial charge in [-0.2, -0.15) is 4.37 Å². The van der Waals surface area contributed by atoms with E-state index in [0.29, 0.717) is 22.8 Å². The Morgan fingerprint density at radius 1 is 1.39 bits per heavy atom. The Hall–Kier alpha value is -1.51. The minimum atomic E-state index is -3.80. The first kappa shape index (κ1) is 17.8. The second-order valence-corrected chi connectivity index (χ2v) is 7.76. The summed E-state index contributed by atoms with van der Waals surface area (Å²) in [6.07, 6.45) is 1.33. The van der Waals surface area contributed by atoms with Crippen molar-refractivity contribution in [2.24, 2.45) is 0 Å². The molecule has 0 aliphatic heterocycles. The molecular formula is C14H16ClN3O3S2. The number of rotatable bonds is 7. The van der Waals surface area contributed by atoms with E-state index in [1.807, 2.05) is 6.92 Å². The maximum absolute atomic E-state index is 12.4. The van der Waals surface area contributed by atoms with Crippen LogP contribution in [0.3, 0.4) is 0 Å². The first-order valence-electron chi connectivity index (χ1n) is 6.95. The van der Waals surface area contributed by atoms with E-state index in [-0.39, 0.29) is 22.2 Å². The molecule has 0 bridgehead atoms. The van der Waals surface area contributed by atoms with Crippen molar-refractivity contribution in [2.45, 2.75) is 38.0 Å². The predicted octanol–water partition coefficient (Wildman–Crippen LogP) is 3.21. The van der Waals surface area contributed by atoms with E-state index >= 15 is 0 Å². The monoisotopic (exact) mass is 373 g/mol. The molecule has 1 N–H and O–H groups in total. The largest absolute Gasteiger partial charge is 0.299 e. The van der Waals surface area contributed by atoms with Gasteiger partial charge in [0.1, 0.15) is 5.78 Å². The van der Waals surface area contributed by atoms with Gasteiger partial charge in [0, 0.05) is 23.0 Å². The molecule has 0 aliphatic carbocycles. The molecule has 0 spiro atoms. The standard InChI is InChI=1S/C14H16ClN3O3S2/c1-3-5-10(19)8-13-16-14(22-17-13)18-23(20,21)12-7-4-6-11(15)9(12)2/h4,6-7H,3,5,8H2,1-2H3,(H,16,17,18). The quantitative estimate of drug-likeness (QED) is 0.804. The molecule has 0 saturated carbocycles. The molecule has 0 fully saturated rings. The molecule has 124 valence electrons. The van der Waals surface area contributed by atoms with Crippen LogP contribution in [0.4, 0.5) is 5.13 Å². The van der Waals surface area contributed by atoms with Gasteiger partial charge in [-0.15, -0.1) is 0 Å². The Balaban J connectivity index is 2.17. The fourth-order valence-electron chi connectivity index (χ4n) is 1.96. The summed E-state index contributed by atoms with van der Waals surface area (Å²) < 4.78 is 31.2. The number of aromatic nitrogens is 2. The van der Waals surface area contributed by atoms with E-state index in [2.05, 4.69) is 14.1 Å². The molecule has 0 unspecified atom stereocenters. The van der Waals surface area contributed by atoms with Crippen molar-refractivity contribution in [1.82, 2.24) is 9.36 Å². The topological polar surface area (TPSA) is 89.0 Å². The third-order valence-electron chi connectivity index (χ3n) is 3.08. The van der Waals surface area contributed by atoms with Crippen molar-refractivity contribution in [3.05, 3.63) is 34.6 Å². The van der Waals surface area contributed by atoms with E-state index < -0.39 is 10.0 Å². The van der Waals surface area contributed by atoms with Crippen molar-refractivity contribution in [3.63, 3.8) is 0 Å². The number of anilines is 1. The maximum atomic E-state index is 12.4. The molecule has 2 rings (SSSR count). The smallest absolute Gasteiger partial charge is 0.264 e. The molecule has 23 heavy (non-hydrogen) atoms. The van der Waals surface area contributed by atoms with Crippen molar-refractivity contribution in [1.29, 1.82) is 0 Å². The normalized spacial score (nSPS) is 11.4. The molecule has 0 amide bonds. The van der Waals surface area contributed by atoms with Crippen LogP contribution in [0.25, 0.3) is 0 Å². The summed E-state index contributed by atoms with van der Waals surface area (Å²) in [4.78, 5) is 15.7. The first-order valence-corrected chi connectivity index (χ1v) is 9.59. The second kappa shape index (κ2) is 7.37. The highest BCUT2D eigenvalue weighted by molar-refractivity contribution is 7.93. The zero-order valence-corrected chi connectivity index (χ0v) is 15.1. The van der Waals surface area contributed by atoms with Crippen LogP contribution in [0, 0.1) is 6.92 Å². The highest BCUT2D eigenvalue weighted by Crippen LogP contribution is 2.25. The number of nitrogens with zero attached hydrogens (tertiary/aromatic N) is 2. The van der Waals surface area contributed by atoms with Crippen LogP contribution >= 0.6 is 23.1 Å². The molecule has 0 saturated heterocycles. The number of hydrogen-bond donors (Lipinski definition) is 1. The van der Waals surface area contributed by atoms with E-state index in [4.69, 9.17) is 11.6 Å². The first-order chi connectivity index (χ1) is 10.8. The summed E-state index contributed by atoms with van der Waals surface area (Å²) in [5.74, 6) is 0.361.